The van der Waals surface area contributed by atoms with Crippen molar-refractivity contribution in [1.29, 1.82) is 0 Å². The molecule has 0 saturated carbocycles. The molecule has 1 aromatic carbocycles. The van der Waals surface area contributed by atoms with Gasteiger partial charge in [-0.2, -0.15) is 0 Å². The van der Waals surface area contributed by atoms with E-state index in [9.17, 15) is 5.11 Å². The van der Waals surface area contributed by atoms with Crippen molar-refractivity contribution in [2.75, 3.05) is 19.0 Å². The van der Waals surface area contributed by atoms with Crippen molar-refractivity contribution in [1.82, 2.24) is 0 Å². The summed E-state index contributed by atoms with van der Waals surface area (Å²) >= 11 is 0. The number of hydrogen-bond acceptors (Lipinski definition) is 3. The third-order valence-electron chi connectivity index (χ3n) is 3.89. The fourth-order valence-corrected chi connectivity index (χ4v) is 3.04. The molecule has 0 radical (unpaired) electrons. The highest BCUT2D eigenvalue weighted by atomic mass is 16.5. The van der Waals surface area contributed by atoms with Crippen LogP contribution in [-0.4, -0.2) is 24.9 Å². The van der Waals surface area contributed by atoms with Crippen molar-refractivity contribution >= 4 is 5.69 Å². The number of para-hydroxylation sites is 1. The van der Waals surface area contributed by atoms with E-state index in [0.29, 0.717) is 11.8 Å². The second-order valence-corrected chi connectivity index (χ2v) is 4.71. The topological polar surface area (TPSA) is 41.5 Å². The van der Waals surface area contributed by atoms with Crippen LogP contribution in [0.1, 0.15) is 17.9 Å². The third-order valence-corrected chi connectivity index (χ3v) is 3.89. The first-order valence-corrected chi connectivity index (χ1v) is 6.06. The van der Waals surface area contributed by atoms with Crippen LogP contribution < -0.4 is 10.1 Å². The molecule has 2 N–H and O–H groups in total. The Morgan fingerprint density at radius 3 is 3.12 bits per heavy atom. The zero-order chi connectivity index (χ0) is 11.8. The standard InChI is InChI=1S/C14H17NO2/c1-17-13-7-3-6-11-9-4-2-5-10(9)12(8-16)15-14(11)13/h2-4,6-7,9-10,12,15-16H,5,8H2,1H3. The molecule has 1 aromatic rings. The summed E-state index contributed by atoms with van der Waals surface area (Å²) in [6, 6.07) is 6.26. The summed E-state index contributed by atoms with van der Waals surface area (Å²) in [6.07, 6.45) is 5.51. The quantitative estimate of drug-likeness (QED) is 0.766. The van der Waals surface area contributed by atoms with Crippen molar-refractivity contribution in [3.05, 3.63) is 35.9 Å². The van der Waals surface area contributed by atoms with Crippen LogP contribution in [0.5, 0.6) is 5.75 Å². The molecule has 0 bridgehead atoms. The van der Waals surface area contributed by atoms with Gasteiger partial charge < -0.3 is 15.2 Å². The van der Waals surface area contributed by atoms with Crippen molar-refractivity contribution in [2.24, 2.45) is 5.92 Å². The molecule has 3 atom stereocenters. The number of rotatable bonds is 2. The van der Waals surface area contributed by atoms with Crippen molar-refractivity contribution in [3.8, 4) is 5.75 Å². The van der Waals surface area contributed by atoms with Gasteiger partial charge in [0.2, 0.25) is 0 Å². The SMILES string of the molecule is COc1cccc2c1NC(CO)C1CC=CC21. The van der Waals surface area contributed by atoms with E-state index in [2.05, 4.69) is 23.5 Å². The number of allylic oxidation sites excluding steroid dienone is 2. The van der Waals surface area contributed by atoms with E-state index in [0.717, 1.165) is 17.9 Å². The predicted molar refractivity (Wildman–Crippen MR) is 67.5 cm³/mol. The summed E-state index contributed by atoms with van der Waals surface area (Å²) < 4.78 is 5.39. The Hall–Kier alpha value is -1.48. The van der Waals surface area contributed by atoms with Gasteiger partial charge in [0.1, 0.15) is 5.75 Å². The molecule has 0 spiro atoms. The average molecular weight is 231 g/mol. The van der Waals surface area contributed by atoms with Crippen LogP contribution in [0.15, 0.2) is 30.4 Å². The minimum atomic E-state index is 0.124. The molecule has 1 heterocycles. The smallest absolute Gasteiger partial charge is 0.142 e. The lowest BCUT2D eigenvalue weighted by atomic mass is 9.79. The molecule has 1 aliphatic heterocycles. The normalized spacial score (nSPS) is 29.4. The van der Waals surface area contributed by atoms with Crippen LogP contribution >= 0.6 is 0 Å². The van der Waals surface area contributed by atoms with E-state index >= 15 is 0 Å². The average Bonchev–Trinajstić information content (AvgIpc) is 2.86. The number of fused-ring (bicyclic) bond motifs is 3. The Labute approximate surface area is 101 Å². The maximum Gasteiger partial charge on any atom is 0.142 e. The van der Waals surface area contributed by atoms with E-state index < -0.39 is 0 Å². The Morgan fingerprint density at radius 2 is 2.35 bits per heavy atom. The van der Waals surface area contributed by atoms with Crippen LogP contribution in [0.3, 0.4) is 0 Å². The highest BCUT2D eigenvalue weighted by Crippen LogP contribution is 2.47. The summed E-state index contributed by atoms with van der Waals surface area (Å²) in [5.74, 6) is 1.75. The number of nitrogens with one attached hydrogen (secondary N) is 1. The number of methoxy groups -OCH3 is 1. The van der Waals surface area contributed by atoms with Crippen LogP contribution in [-0.2, 0) is 0 Å². The molecule has 90 valence electrons. The summed E-state index contributed by atoms with van der Waals surface area (Å²) in [5.41, 5.74) is 2.33. The van der Waals surface area contributed by atoms with Gasteiger partial charge in [-0.15, -0.1) is 0 Å². The van der Waals surface area contributed by atoms with Crippen LogP contribution in [0.4, 0.5) is 5.69 Å². The van der Waals surface area contributed by atoms with Crippen molar-refractivity contribution < 1.29 is 9.84 Å². The first kappa shape index (κ1) is 10.7. The van der Waals surface area contributed by atoms with Gasteiger partial charge in [0.05, 0.1) is 25.4 Å². The zero-order valence-corrected chi connectivity index (χ0v) is 9.89. The maximum absolute atomic E-state index is 9.50. The van der Waals surface area contributed by atoms with E-state index in [4.69, 9.17) is 4.74 Å². The lowest BCUT2D eigenvalue weighted by Crippen LogP contribution is -2.38. The number of hydrogen-bond donors (Lipinski definition) is 2. The third kappa shape index (κ3) is 1.53. The molecule has 3 rings (SSSR count). The van der Waals surface area contributed by atoms with E-state index in [1.54, 1.807) is 7.11 Å². The van der Waals surface area contributed by atoms with Gasteiger partial charge in [-0.25, -0.2) is 0 Å². The molecule has 2 aliphatic rings. The molecule has 0 fully saturated rings. The Bertz CT molecular complexity index is 456. The number of aliphatic hydroxyl groups excluding tert-OH is 1. The second kappa shape index (κ2) is 4.08. The monoisotopic (exact) mass is 231 g/mol. The van der Waals surface area contributed by atoms with Gasteiger partial charge in [0.25, 0.3) is 0 Å². The Morgan fingerprint density at radius 1 is 1.47 bits per heavy atom. The highest BCUT2D eigenvalue weighted by Gasteiger charge is 2.37. The summed E-state index contributed by atoms with van der Waals surface area (Å²) in [4.78, 5) is 0. The van der Waals surface area contributed by atoms with E-state index in [-0.39, 0.29) is 12.6 Å². The first-order valence-electron chi connectivity index (χ1n) is 6.06. The number of benzene rings is 1. The number of ether oxygens (including phenoxy) is 1. The molecule has 1 aliphatic carbocycles. The van der Waals surface area contributed by atoms with Crippen LogP contribution in [0.25, 0.3) is 0 Å². The van der Waals surface area contributed by atoms with Crippen molar-refractivity contribution in [2.45, 2.75) is 18.4 Å². The summed E-state index contributed by atoms with van der Waals surface area (Å²) in [7, 11) is 1.68. The maximum atomic E-state index is 9.50. The fourth-order valence-electron chi connectivity index (χ4n) is 3.04. The minimum Gasteiger partial charge on any atom is -0.495 e. The molecular formula is C14H17NO2. The van der Waals surface area contributed by atoms with Gasteiger partial charge in [0, 0.05) is 5.92 Å². The molecule has 0 aromatic heterocycles. The van der Waals surface area contributed by atoms with Gasteiger partial charge in [-0.3, -0.25) is 0 Å². The molecule has 3 unspecified atom stereocenters. The van der Waals surface area contributed by atoms with Gasteiger partial charge in [0.15, 0.2) is 0 Å². The van der Waals surface area contributed by atoms with Crippen molar-refractivity contribution in [3.63, 3.8) is 0 Å². The molecule has 0 amide bonds. The molecular weight excluding hydrogens is 214 g/mol. The van der Waals surface area contributed by atoms with Crippen LogP contribution in [0.2, 0.25) is 0 Å². The number of aliphatic hydroxyl groups is 1. The first-order chi connectivity index (χ1) is 8.35. The van der Waals surface area contributed by atoms with Gasteiger partial charge in [-0.05, 0) is 24.0 Å². The molecule has 0 saturated heterocycles. The number of anilines is 1. The lowest BCUT2D eigenvalue weighted by Gasteiger charge is -2.36. The van der Waals surface area contributed by atoms with Crippen LogP contribution in [0, 0.1) is 5.92 Å². The highest BCUT2D eigenvalue weighted by molar-refractivity contribution is 5.67. The Balaban J connectivity index is 2.09. The van der Waals surface area contributed by atoms with Gasteiger partial charge in [-0.1, -0.05) is 24.3 Å². The van der Waals surface area contributed by atoms with E-state index in [1.165, 1.54) is 5.56 Å². The fraction of sp³-hybridized carbons (Fsp3) is 0.429. The largest absolute Gasteiger partial charge is 0.495 e. The molecule has 17 heavy (non-hydrogen) atoms. The molecule has 3 heteroatoms. The zero-order valence-electron chi connectivity index (χ0n) is 9.89. The van der Waals surface area contributed by atoms with E-state index in [1.807, 2.05) is 12.1 Å². The van der Waals surface area contributed by atoms with Gasteiger partial charge >= 0.3 is 0 Å². The summed E-state index contributed by atoms with van der Waals surface area (Å²) in [6.45, 7) is 0.167. The minimum absolute atomic E-state index is 0.124. The summed E-state index contributed by atoms with van der Waals surface area (Å²) in [5, 5.41) is 12.9. The Kier molecular flexibility index (Phi) is 2.56. The molecule has 3 nitrogen and oxygen atoms in total. The second-order valence-electron chi connectivity index (χ2n) is 4.71. The predicted octanol–water partition coefficient (Wildman–Crippen LogP) is 2.14. The lowest BCUT2D eigenvalue weighted by molar-refractivity contribution is 0.229.